The Hall–Kier alpha value is -3.38. The van der Waals surface area contributed by atoms with Crippen LogP contribution in [0.25, 0.3) is 16.7 Å². The van der Waals surface area contributed by atoms with E-state index in [0.717, 1.165) is 16.6 Å². The van der Waals surface area contributed by atoms with Gasteiger partial charge in [-0.25, -0.2) is 9.78 Å². The summed E-state index contributed by atoms with van der Waals surface area (Å²) in [6, 6.07) is 20.0. The van der Waals surface area contributed by atoms with E-state index >= 15 is 0 Å². The highest BCUT2D eigenvalue weighted by atomic mass is 35.5. The lowest BCUT2D eigenvalue weighted by Gasteiger charge is -2.10. The van der Waals surface area contributed by atoms with Gasteiger partial charge < -0.3 is 5.32 Å². The first kappa shape index (κ1) is 17.1. The number of rotatable bonds is 3. The number of pyridine rings is 1. The Morgan fingerprint density at radius 1 is 1.00 bits per heavy atom. The van der Waals surface area contributed by atoms with Gasteiger partial charge in [-0.15, -0.1) is 0 Å². The number of carbonyl (C=O) groups is 1. The summed E-state index contributed by atoms with van der Waals surface area (Å²) in [6.07, 6.45) is 0. The molecule has 0 fully saturated rings. The second-order valence-corrected chi connectivity index (χ2v) is 6.47. The van der Waals surface area contributed by atoms with Crippen molar-refractivity contribution in [2.45, 2.75) is 6.92 Å². The van der Waals surface area contributed by atoms with Crippen molar-refractivity contribution in [3.8, 4) is 5.82 Å². The van der Waals surface area contributed by atoms with E-state index in [1.165, 1.54) is 0 Å². The monoisotopic (exact) mass is 377 g/mol. The standard InChI is InChI=1S/C20H16ClN5O/c1-13-12-19(24-20(27)22-16-9-7-15(21)8-10-16)26(25-13)18-11-6-14-4-2-3-5-17(14)23-18/h2-12H,1H3,(H2,22,24,27). The quantitative estimate of drug-likeness (QED) is 0.526. The van der Waals surface area contributed by atoms with Crippen LogP contribution in [0.4, 0.5) is 16.3 Å². The van der Waals surface area contributed by atoms with E-state index in [9.17, 15) is 4.79 Å². The van der Waals surface area contributed by atoms with Gasteiger partial charge in [0.1, 0.15) is 5.82 Å². The first-order valence-electron chi connectivity index (χ1n) is 8.35. The lowest BCUT2D eigenvalue weighted by molar-refractivity contribution is 0.262. The molecule has 0 radical (unpaired) electrons. The average molecular weight is 378 g/mol. The Labute approximate surface area is 160 Å². The third kappa shape index (κ3) is 3.75. The maximum Gasteiger partial charge on any atom is 0.324 e. The van der Waals surface area contributed by atoms with Gasteiger partial charge in [0, 0.05) is 22.2 Å². The van der Waals surface area contributed by atoms with Gasteiger partial charge in [0.25, 0.3) is 0 Å². The maximum absolute atomic E-state index is 12.4. The van der Waals surface area contributed by atoms with E-state index in [1.54, 1.807) is 35.0 Å². The first-order valence-corrected chi connectivity index (χ1v) is 8.73. The zero-order valence-electron chi connectivity index (χ0n) is 14.5. The molecule has 6 nitrogen and oxygen atoms in total. The molecule has 134 valence electrons. The van der Waals surface area contributed by atoms with Gasteiger partial charge in [-0.1, -0.05) is 29.8 Å². The molecule has 0 atom stereocenters. The summed E-state index contributed by atoms with van der Waals surface area (Å²) in [5.41, 5.74) is 2.27. The van der Waals surface area contributed by atoms with Crippen LogP contribution in [0.2, 0.25) is 5.02 Å². The van der Waals surface area contributed by atoms with Crippen LogP contribution in [-0.4, -0.2) is 20.8 Å². The van der Waals surface area contributed by atoms with Crippen molar-refractivity contribution in [1.82, 2.24) is 14.8 Å². The van der Waals surface area contributed by atoms with Crippen LogP contribution >= 0.6 is 11.6 Å². The van der Waals surface area contributed by atoms with Crippen LogP contribution in [0, 0.1) is 6.92 Å². The van der Waals surface area contributed by atoms with Gasteiger partial charge in [-0.3, -0.25) is 5.32 Å². The molecule has 2 aromatic carbocycles. The molecule has 4 rings (SSSR count). The maximum atomic E-state index is 12.4. The molecule has 27 heavy (non-hydrogen) atoms. The van der Waals surface area contributed by atoms with Gasteiger partial charge >= 0.3 is 6.03 Å². The van der Waals surface area contributed by atoms with Gasteiger partial charge in [-0.05, 0) is 49.4 Å². The summed E-state index contributed by atoms with van der Waals surface area (Å²) < 4.78 is 1.61. The molecule has 0 saturated carbocycles. The van der Waals surface area contributed by atoms with E-state index in [1.807, 2.05) is 43.3 Å². The Balaban J connectivity index is 1.60. The Bertz CT molecular complexity index is 1120. The third-order valence-corrected chi connectivity index (χ3v) is 4.23. The number of carbonyl (C=O) groups excluding carboxylic acids is 1. The summed E-state index contributed by atoms with van der Waals surface area (Å²) in [4.78, 5) is 17.0. The number of para-hydroxylation sites is 1. The molecular formula is C20H16ClN5O. The number of hydrogen-bond donors (Lipinski definition) is 2. The molecule has 0 bridgehead atoms. The van der Waals surface area contributed by atoms with Crippen LogP contribution in [0.5, 0.6) is 0 Å². The van der Waals surface area contributed by atoms with E-state index in [0.29, 0.717) is 22.3 Å². The van der Waals surface area contributed by atoms with E-state index in [4.69, 9.17) is 11.6 Å². The number of benzene rings is 2. The molecule has 2 heterocycles. The van der Waals surface area contributed by atoms with Crippen molar-refractivity contribution in [1.29, 1.82) is 0 Å². The molecule has 2 aromatic heterocycles. The number of nitrogens with zero attached hydrogens (tertiary/aromatic N) is 3. The smallest absolute Gasteiger partial charge is 0.308 e. The molecule has 0 unspecified atom stereocenters. The van der Waals surface area contributed by atoms with Crippen molar-refractivity contribution in [3.63, 3.8) is 0 Å². The summed E-state index contributed by atoms with van der Waals surface area (Å²) in [5.74, 6) is 1.16. The Morgan fingerprint density at radius 2 is 1.78 bits per heavy atom. The predicted octanol–water partition coefficient (Wildman–Crippen LogP) is 5.03. The number of amides is 2. The van der Waals surface area contributed by atoms with Crippen LogP contribution in [-0.2, 0) is 0 Å². The van der Waals surface area contributed by atoms with Crippen molar-refractivity contribution < 1.29 is 4.79 Å². The summed E-state index contributed by atoms with van der Waals surface area (Å²) in [7, 11) is 0. The predicted molar refractivity (Wildman–Crippen MR) is 108 cm³/mol. The highest BCUT2D eigenvalue weighted by Crippen LogP contribution is 2.20. The fourth-order valence-corrected chi connectivity index (χ4v) is 2.87. The molecule has 2 N–H and O–H groups in total. The van der Waals surface area contributed by atoms with Gasteiger partial charge in [-0.2, -0.15) is 9.78 Å². The average Bonchev–Trinajstić information content (AvgIpc) is 3.03. The Kier molecular flexibility index (Phi) is 4.48. The SMILES string of the molecule is Cc1cc(NC(=O)Nc2ccc(Cl)cc2)n(-c2ccc3ccccc3n2)n1. The van der Waals surface area contributed by atoms with E-state index < -0.39 is 0 Å². The molecule has 0 spiro atoms. The summed E-state index contributed by atoms with van der Waals surface area (Å²) >= 11 is 5.86. The van der Waals surface area contributed by atoms with Crippen molar-refractivity contribution >= 4 is 40.0 Å². The first-order chi connectivity index (χ1) is 13.1. The number of fused-ring (bicyclic) bond motifs is 1. The molecule has 0 saturated heterocycles. The van der Waals surface area contributed by atoms with Crippen molar-refractivity contribution in [3.05, 3.63) is 77.4 Å². The van der Waals surface area contributed by atoms with E-state index in [-0.39, 0.29) is 6.03 Å². The van der Waals surface area contributed by atoms with Crippen LogP contribution in [0.15, 0.2) is 66.7 Å². The van der Waals surface area contributed by atoms with Gasteiger partial charge in [0.15, 0.2) is 5.82 Å². The number of aryl methyl sites for hydroxylation is 1. The minimum absolute atomic E-state index is 0.376. The summed E-state index contributed by atoms with van der Waals surface area (Å²) in [6.45, 7) is 1.86. The minimum Gasteiger partial charge on any atom is -0.308 e. The molecule has 4 aromatic rings. The Morgan fingerprint density at radius 3 is 2.59 bits per heavy atom. The molecule has 0 aliphatic heterocycles. The molecule has 0 aliphatic carbocycles. The minimum atomic E-state index is -0.376. The number of nitrogens with one attached hydrogen (secondary N) is 2. The fourth-order valence-electron chi connectivity index (χ4n) is 2.75. The highest BCUT2D eigenvalue weighted by Gasteiger charge is 2.12. The third-order valence-electron chi connectivity index (χ3n) is 3.98. The van der Waals surface area contributed by atoms with E-state index in [2.05, 4.69) is 20.7 Å². The number of aromatic nitrogens is 3. The molecular weight excluding hydrogens is 362 g/mol. The van der Waals surface area contributed by atoms with Gasteiger partial charge in [0.2, 0.25) is 0 Å². The lowest BCUT2D eigenvalue weighted by Crippen LogP contribution is -2.21. The fraction of sp³-hybridized carbons (Fsp3) is 0.0500. The zero-order valence-corrected chi connectivity index (χ0v) is 15.2. The second kappa shape index (κ2) is 7.09. The number of urea groups is 1. The van der Waals surface area contributed by atoms with Crippen molar-refractivity contribution in [2.24, 2.45) is 0 Å². The molecule has 7 heteroatoms. The number of halogens is 1. The summed E-state index contributed by atoms with van der Waals surface area (Å²) in [5, 5.41) is 11.7. The van der Waals surface area contributed by atoms with Crippen LogP contribution < -0.4 is 10.6 Å². The van der Waals surface area contributed by atoms with Crippen LogP contribution in [0.3, 0.4) is 0 Å². The van der Waals surface area contributed by atoms with Gasteiger partial charge in [0.05, 0.1) is 11.2 Å². The normalized spacial score (nSPS) is 10.7. The topological polar surface area (TPSA) is 71.8 Å². The number of anilines is 2. The highest BCUT2D eigenvalue weighted by molar-refractivity contribution is 6.30. The van der Waals surface area contributed by atoms with Crippen molar-refractivity contribution in [2.75, 3.05) is 10.6 Å². The molecule has 0 aliphatic rings. The van der Waals surface area contributed by atoms with Crippen LogP contribution in [0.1, 0.15) is 5.69 Å². The second-order valence-electron chi connectivity index (χ2n) is 6.03. The lowest BCUT2D eigenvalue weighted by atomic mass is 10.2. The number of hydrogen-bond acceptors (Lipinski definition) is 3. The zero-order chi connectivity index (χ0) is 18.8. The molecule has 2 amide bonds. The largest absolute Gasteiger partial charge is 0.324 e.